The SMILES string of the molecule is C[C@H](Cc1cccs1)C(=O)NCCC(=O)N1CCCCCC1. The highest BCUT2D eigenvalue weighted by atomic mass is 32.1. The highest BCUT2D eigenvalue weighted by Crippen LogP contribution is 2.14. The Labute approximate surface area is 136 Å². The van der Waals surface area contributed by atoms with E-state index in [2.05, 4.69) is 11.4 Å². The maximum atomic E-state index is 12.1. The molecule has 0 aromatic carbocycles. The third kappa shape index (κ3) is 5.44. The maximum absolute atomic E-state index is 12.1. The molecule has 0 bridgehead atoms. The fourth-order valence-electron chi connectivity index (χ4n) is 2.77. The van der Waals surface area contributed by atoms with Crippen LogP contribution in [0, 0.1) is 5.92 Å². The van der Waals surface area contributed by atoms with Gasteiger partial charge in [0.1, 0.15) is 0 Å². The van der Waals surface area contributed by atoms with Crippen molar-refractivity contribution in [2.75, 3.05) is 19.6 Å². The second kappa shape index (κ2) is 8.93. The Bertz CT molecular complexity index is 465. The molecule has 122 valence electrons. The molecular formula is C17H26N2O2S. The van der Waals surface area contributed by atoms with Gasteiger partial charge in [-0.25, -0.2) is 0 Å². The fourth-order valence-corrected chi connectivity index (χ4v) is 3.60. The van der Waals surface area contributed by atoms with E-state index in [9.17, 15) is 9.59 Å². The van der Waals surface area contributed by atoms with E-state index < -0.39 is 0 Å². The number of rotatable bonds is 6. The predicted molar refractivity (Wildman–Crippen MR) is 89.9 cm³/mol. The lowest BCUT2D eigenvalue weighted by Crippen LogP contribution is -2.36. The Kier molecular flexibility index (Phi) is 6.90. The molecule has 1 aliphatic rings. The van der Waals surface area contributed by atoms with Gasteiger partial charge in [-0.1, -0.05) is 25.8 Å². The van der Waals surface area contributed by atoms with E-state index in [1.54, 1.807) is 11.3 Å². The Morgan fingerprint density at radius 1 is 1.27 bits per heavy atom. The van der Waals surface area contributed by atoms with Gasteiger partial charge >= 0.3 is 0 Å². The monoisotopic (exact) mass is 322 g/mol. The van der Waals surface area contributed by atoms with Gasteiger partial charge in [0.2, 0.25) is 11.8 Å². The van der Waals surface area contributed by atoms with Crippen LogP contribution in [-0.2, 0) is 16.0 Å². The summed E-state index contributed by atoms with van der Waals surface area (Å²) in [6.45, 7) is 4.14. The third-order valence-corrected chi connectivity index (χ3v) is 5.03. The molecule has 0 radical (unpaired) electrons. The van der Waals surface area contributed by atoms with E-state index in [1.165, 1.54) is 17.7 Å². The van der Waals surface area contributed by atoms with Gasteiger partial charge in [-0.2, -0.15) is 0 Å². The molecule has 1 saturated heterocycles. The smallest absolute Gasteiger partial charge is 0.224 e. The average Bonchev–Trinajstić information content (AvgIpc) is 2.86. The summed E-state index contributed by atoms with van der Waals surface area (Å²) in [4.78, 5) is 27.4. The molecule has 4 nitrogen and oxygen atoms in total. The van der Waals surface area contributed by atoms with Gasteiger partial charge in [-0.3, -0.25) is 9.59 Å². The lowest BCUT2D eigenvalue weighted by Gasteiger charge is -2.20. The van der Waals surface area contributed by atoms with Crippen molar-refractivity contribution in [3.8, 4) is 0 Å². The van der Waals surface area contributed by atoms with Crippen LogP contribution < -0.4 is 5.32 Å². The number of carbonyl (C=O) groups is 2. The predicted octanol–water partition coefficient (Wildman–Crippen LogP) is 2.84. The number of hydrogen-bond acceptors (Lipinski definition) is 3. The zero-order valence-corrected chi connectivity index (χ0v) is 14.2. The van der Waals surface area contributed by atoms with E-state index in [1.807, 2.05) is 23.3 Å². The number of thiophene rings is 1. The van der Waals surface area contributed by atoms with Gasteiger partial charge in [0.25, 0.3) is 0 Å². The van der Waals surface area contributed by atoms with Crippen LogP contribution in [-0.4, -0.2) is 36.3 Å². The van der Waals surface area contributed by atoms with Crippen LogP contribution in [0.1, 0.15) is 43.9 Å². The lowest BCUT2D eigenvalue weighted by atomic mass is 10.1. The van der Waals surface area contributed by atoms with Crippen molar-refractivity contribution >= 4 is 23.2 Å². The summed E-state index contributed by atoms with van der Waals surface area (Å²) in [6, 6.07) is 4.06. The zero-order chi connectivity index (χ0) is 15.8. The van der Waals surface area contributed by atoms with Crippen LogP contribution in [0.4, 0.5) is 0 Å². The molecule has 2 amide bonds. The van der Waals surface area contributed by atoms with Crippen LogP contribution >= 0.6 is 11.3 Å². The summed E-state index contributed by atoms with van der Waals surface area (Å²) < 4.78 is 0. The van der Waals surface area contributed by atoms with Crippen LogP contribution in [0.15, 0.2) is 17.5 Å². The lowest BCUT2D eigenvalue weighted by molar-refractivity contribution is -0.131. The summed E-state index contributed by atoms with van der Waals surface area (Å²) in [7, 11) is 0. The fraction of sp³-hybridized carbons (Fsp3) is 0.647. The van der Waals surface area contributed by atoms with E-state index in [0.29, 0.717) is 13.0 Å². The van der Waals surface area contributed by atoms with E-state index >= 15 is 0 Å². The van der Waals surface area contributed by atoms with E-state index in [0.717, 1.165) is 32.4 Å². The molecule has 1 fully saturated rings. The molecule has 2 heterocycles. The highest BCUT2D eigenvalue weighted by molar-refractivity contribution is 7.09. The zero-order valence-electron chi connectivity index (χ0n) is 13.3. The van der Waals surface area contributed by atoms with Gasteiger partial charge in [-0.15, -0.1) is 11.3 Å². The van der Waals surface area contributed by atoms with Crippen LogP contribution in [0.25, 0.3) is 0 Å². The molecule has 1 N–H and O–H groups in total. The summed E-state index contributed by atoms with van der Waals surface area (Å²) in [5, 5.41) is 4.93. The molecule has 1 aromatic rings. The second-order valence-corrected chi connectivity index (χ2v) is 7.05. The molecule has 1 atom stereocenters. The van der Waals surface area contributed by atoms with Crippen molar-refractivity contribution in [3.05, 3.63) is 22.4 Å². The molecule has 22 heavy (non-hydrogen) atoms. The molecule has 0 spiro atoms. The summed E-state index contributed by atoms with van der Waals surface area (Å²) >= 11 is 1.68. The van der Waals surface area contributed by atoms with Crippen LogP contribution in [0.2, 0.25) is 0 Å². The maximum Gasteiger partial charge on any atom is 0.224 e. The van der Waals surface area contributed by atoms with Gasteiger partial charge in [0.15, 0.2) is 0 Å². The van der Waals surface area contributed by atoms with Crippen molar-refractivity contribution in [1.82, 2.24) is 10.2 Å². The standard InChI is InChI=1S/C17H26N2O2S/c1-14(13-15-7-6-12-22-15)17(21)18-9-8-16(20)19-10-4-2-3-5-11-19/h6-7,12,14H,2-5,8-11,13H2,1H3,(H,18,21)/t14-/m1/s1. The molecule has 0 aliphatic carbocycles. The van der Waals surface area contributed by atoms with Crippen LogP contribution in [0.5, 0.6) is 0 Å². The minimum atomic E-state index is -0.0491. The van der Waals surface area contributed by atoms with Gasteiger partial charge in [-0.05, 0) is 30.7 Å². The highest BCUT2D eigenvalue weighted by Gasteiger charge is 2.17. The second-order valence-electron chi connectivity index (χ2n) is 6.02. The van der Waals surface area contributed by atoms with Gasteiger partial charge in [0.05, 0.1) is 0 Å². The van der Waals surface area contributed by atoms with E-state index in [-0.39, 0.29) is 17.7 Å². The summed E-state index contributed by atoms with van der Waals surface area (Å²) in [5.74, 6) is 0.164. The van der Waals surface area contributed by atoms with Crippen molar-refractivity contribution in [3.63, 3.8) is 0 Å². The first-order chi connectivity index (χ1) is 10.7. The average molecular weight is 322 g/mol. The molecule has 1 aromatic heterocycles. The first-order valence-electron chi connectivity index (χ1n) is 8.24. The molecule has 1 aliphatic heterocycles. The normalized spacial score (nSPS) is 16.9. The number of hydrogen-bond donors (Lipinski definition) is 1. The molecular weight excluding hydrogens is 296 g/mol. The Morgan fingerprint density at radius 2 is 2.00 bits per heavy atom. The summed E-state index contributed by atoms with van der Waals surface area (Å²) in [6.07, 6.45) is 5.84. The topological polar surface area (TPSA) is 49.4 Å². The third-order valence-electron chi connectivity index (χ3n) is 4.13. The molecule has 0 saturated carbocycles. The Morgan fingerprint density at radius 3 is 2.64 bits per heavy atom. The minimum Gasteiger partial charge on any atom is -0.355 e. The van der Waals surface area contributed by atoms with Gasteiger partial charge < -0.3 is 10.2 Å². The number of nitrogens with one attached hydrogen (secondary N) is 1. The Balaban J connectivity index is 1.66. The van der Waals surface area contributed by atoms with Crippen molar-refractivity contribution in [2.45, 2.75) is 45.4 Å². The van der Waals surface area contributed by atoms with E-state index in [4.69, 9.17) is 0 Å². The number of likely N-dealkylation sites (tertiary alicyclic amines) is 1. The van der Waals surface area contributed by atoms with Gasteiger partial charge in [0, 0.05) is 36.9 Å². The number of amides is 2. The summed E-state index contributed by atoms with van der Waals surface area (Å²) in [5.41, 5.74) is 0. The minimum absolute atomic E-state index is 0.0390. The Hall–Kier alpha value is -1.36. The van der Waals surface area contributed by atoms with Crippen molar-refractivity contribution < 1.29 is 9.59 Å². The molecule has 2 rings (SSSR count). The quantitative estimate of drug-likeness (QED) is 0.875. The number of carbonyl (C=O) groups excluding carboxylic acids is 2. The van der Waals surface area contributed by atoms with Crippen molar-refractivity contribution in [1.29, 1.82) is 0 Å². The van der Waals surface area contributed by atoms with Crippen LogP contribution in [0.3, 0.4) is 0 Å². The first kappa shape index (κ1) is 17.0. The molecule has 0 unspecified atom stereocenters. The molecule has 5 heteroatoms. The number of nitrogens with zero attached hydrogens (tertiary/aromatic N) is 1. The largest absolute Gasteiger partial charge is 0.355 e. The first-order valence-corrected chi connectivity index (χ1v) is 9.12. The van der Waals surface area contributed by atoms with Crippen molar-refractivity contribution in [2.24, 2.45) is 5.92 Å².